The van der Waals surface area contributed by atoms with Crippen molar-refractivity contribution < 1.29 is 0 Å². The van der Waals surface area contributed by atoms with Gasteiger partial charge in [0.05, 0.1) is 17.2 Å². The average molecular weight is 442 g/mol. The fourth-order valence-electron chi connectivity index (χ4n) is 2.95. The molecule has 0 saturated carbocycles. The minimum Gasteiger partial charge on any atom is -0.370 e. The van der Waals surface area contributed by atoms with Crippen LogP contribution in [0.2, 0.25) is 0 Å². The van der Waals surface area contributed by atoms with E-state index in [9.17, 15) is 0 Å². The van der Waals surface area contributed by atoms with E-state index < -0.39 is 0 Å². The lowest BCUT2D eigenvalue weighted by Crippen LogP contribution is -2.24. The van der Waals surface area contributed by atoms with Crippen LogP contribution in [0.5, 0.6) is 0 Å². The number of halogens is 1. The second kappa shape index (κ2) is 8.10. The standard InChI is InChI=1S/C17H22N4S.HI/c1-11-16(20-12(2)22-11)10-19-17(18)21-15-9-5-7-13-6-3-4-8-14(13)15;/h5,7,9H,3-4,6,8,10H2,1-2H3,(H3,18,19,21);1H. The van der Waals surface area contributed by atoms with Crippen molar-refractivity contribution in [1.29, 1.82) is 0 Å². The van der Waals surface area contributed by atoms with Gasteiger partial charge in [-0.25, -0.2) is 9.98 Å². The Hall–Kier alpha value is -1.15. The van der Waals surface area contributed by atoms with Gasteiger partial charge in [0.2, 0.25) is 0 Å². The van der Waals surface area contributed by atoms with E-state index in [1.165, 1.54) is 35.3 Å². The maximum absolute atomic E-state index is 6.06. The minimum atomic E-state index is 0. The van der Waals surface area contributed by atoms with Crippen LogP contribution in [0.1, 0.15) is 39.5 Å². The van der Waals surface area contributed by atoms with Gasteiger partial charge in [-0.2, -0.15) is 0 Å². The molecule has 1 aliphatic carbocycles. The van der Waals surface area contributed by atoms with Crippen LogP contribution in [0.4, 0.5) is 5.69 Å². The van der Waals surface area contributed by atoms with Crippen LogP contribution in [-0.2, 0) is 19.4 Å². The maximum Gasteiger partial charge on any atom is 0.193 e. The summed E-state index contributed by atoms with van der Waals surface area (Å²) >= 11 is 1.70. The van der Waals surface area contributed by atoms with Crippen LogP contribution in [0.25, 0.3) is 0 Å². The molecule has 6 heteroatoms. The summed E-state index contributed by atoms with van der Waals surface area (Å²) in [7, 11) is 0. The fraction of sp³-hybridized carbons (Fsp3) is 0.412. The lowest BCUT2D eigenvalue weighted by atomic mass is 9.90. The summed E-state index contributed by atoms with van der Waals surface area (Å²) < 4.78 is 0. The van der Waals surface area contributed by atoms with Gasteiger partial charge in [-0.15, -0.1) is 35.3 Å². The summed E-state index contributed by atoms with van der Waals surface area (Å²) in [6.45, 7) is 4.62. The Morgan fingerprint density at radius 3 is 2.83 bits per heavy atom. The van der Waals surface area contributed by atoms with Gasteiger partial charge in [0, 0.05) is 10.6 Å². The number of nitrogens with one attached hydrogen (secondary N) is 1. The van der Waals surface area contributed by atoms with E-state index in [1.54, 1.807) is 11.3 Å². The van der Waals surface area contributed by atoms with Gasteiger partial charge in [-0.1, -0.05) is 12.1 Å². The zero-order valence-corrected chi connectivity index (χ0v) is 16.7. The molecule has 0 fully saturated rings. The highest BCUT2D eigenvalue weighted by atomic mass is 127. The maximum atomic E-state index is 6.06. The van der Waals surface area contributed by atoms with E-state index in [0.29, 0.717) is 12.5 Å². The number of aromatic nitrogens is 1. The first-order chi connectivity index (χ1) is 10.6. The summed E-state index contributed by atoms with van der Waals surface area (Å²) in [5, 5.41) is 4.35. The molecule has 1 aromatic heterocycles. The van der Waals surface area contributed by atoms with Gasteiger partial charge in [-0.3, -0.25) is 0 Å². The van der Waals surface area contributed by atoms with Gasteiger partial charge >= 0.3 is 0 Å². The molecule has 1 aliphatic rings. The smallest absolute Gasteiger partial charge is 0.193 e. The number of hydrogen-bond donors (Lipinski definition) is 2. The van der Waals surface area contributed by atoms with Crippen LogP contribution < -0.4 is 11.1 Å². The molecule has 1 heterocycles. The van der Waals surface area contributed by atoms with Crippen LogP contribution in [0, 0.1) is 13.8 Å². The Bertz CT molecular complexity index is 709. The number of rotatable bonds is 3. The molecule has 0 saturated heterocycles. The van der Waals surface area contributed by atoms with E-state index >= 15 is 0 Å². The summed E-state index contributed by atoms with van der Waals surface area (Å²) in [5.41, 5.74) is 11.0. The van der Waals surface area contributed by atoms with Gasteiger partial charge in [-0.05, 0) is 56.7 Å². The van der Waals surface area contributed by atoms with Gasteiger partial charge in [0.1, 0.15) is 0 Å². The van der Waals surface area contributed by atoms with Crippen LogP contribution in [0.15, 0.2) is 23.2 Å². The highest BCUT2D eigenvalue weighted by molar-refractivity contribution is 14.0. The van der Waals surface area contributed by atoms with Gasteiger partial charge < -0.3 is 11.1 Å². The van der Waals surface area contributed by atoms with Crippen molar-refractivity contribution in [2.45, 2.75) is 46.1 Å². The summed E-state index contributed by atoms with van der Waals surface area (Å²) in [6, 6.07) is 6.40. The molecular formula is C17H23IN4S. The second-order valence-corrected chi connectivity index (χ2v) is 7.12. The number of thiazole rings is 1. The van der Waals surface area contributed by atoms with Gasteiger partial charge in [0.25, 0.3) is 0 Å². The lowest BCUT2D eigenvalue weighted by molar-refractivity contribution is 0.687. The number of guanidine groups is 1. The fourth-order valence-corrected chi connectivity index (χ4v) is 3.78. The predicted molar refractivity (Wildman–Crippen MR) is 109 cm³/mol. The van der Waals surface area contributed by atoms with Crippen LogP contribution in [-0.4, -0.2) is 10.9 Å². The number of anilines is 1. The zero-order chi connectivity index (χ0) is 15.5. The summed E-state index contributed by atoms with van der Waals surface area (Å²) in [5.74, 6) is 0.462. The molecule has 0 radical (unpaired) electrons. The molecule has 3 N–H and O–H groups in total. The Morgan fingerprint density at radius 1 is 1.30 bits per heavy atom. The largest absolute Gasteiger partial charge is 0.370 e. The van der Waals surface area contributed by atoms with Crippen molar-refractivity contribution in [2.75, 3.05) is 5.32 Å². The van der Waals surface area contributed by atoms with Gasteiger partial charge in [0.15, 0.2) is 5.96 Å². The molecule has 2 aromatic rings. The normalized spacial score (nSPS) is 14.1. The number of hydrogen-bond acceptors (Lipinski definition) is 3. The molecule has 0 amide bonds. The molecule has 23 heavy (non-hydrogen) atoms. The molecule has 124 valence electrons. The quantitative estimate of drug-likeness (QED) is 0.426. The van der Waals surface area contributed by atoms with E-state index in [1.807, 2.05) is 6.92 Å². The Morgan fingerprint density at radius 2 is 2.09 bits per heavy atom. The first kappa shape index (κ1) is 18.2. The molecule has 3 rings (SSSR count). The number of nitrogens with zero attached hydrogens (tertiary/aromatic N) is 2. The third-order valence-electron chi connectivity index (χ3n) is 4.06. The van der Waals surface area contributed by atoms with Crippen molar-refractivity contribution in [3.05, 3.63) is 44.9 Å². The highest BCUT2D eigenvalue weighted by Crippen LogP contribution is 2.27. The highest BCUT2D eigenvalue weighted by Gasteiger charge is 2.13. The summed E-state index contributed by atoms with van der Waals surface area (Å²) in [4.78, 5) is 10.1. The van der Waals surface area contributed by atoms with E-state index in [0.717, 1.165) is 22.8 Å². The Balaban J connectivity index is 0.00000192. The van der Waals surface area contributed by atoms with Crippen molar-refractivity contribution in [2.24, 2.45) is 10.7 Å². The molecule has 0 atom stereocenters. The Labute approximate surface area is 158 Å². The average Bonchev–Trinajstić information content (AvgIpc) is 2.83. The second-order valence-electron chi connectivity index (χ2n) is 5.71. The number of aryl methyl sites for hydroxylation is 3. The zero-order valence-electron chi connectivity index (χ0n) is 13.6. The third kappa shape index (κ3) is 4.44. The Kier molecular flexibility index (Phi) is 6.41. The molecule has 4 nitrogen and oxygen atoms in total. The van der Waals surface area contributed by atoms with Crippen LogP contribution in [0.3, 0.4) is 0 Å². The SMILES string of the molecule is Cc1nc(CN=C(N)Nc2cccc3c2CCCC3)c(C)s1.I. The minimum absolute atomic E-state index is 0. The molecule has 0 aliphatic heterocycles. The molecule has 1 aromatic carbocycles. The molecule has 0 spiro atoms. The number of nitrogens with two attached hydrogens (primary N) is 1. The van der Waals surface area contributed by atoms with Crippen molar-refractivity contribution in [3.63, 3.8) is 0 Å². The topological polar surface area (TPSA) is 63.3 Å². The number of aliphatic imine (C=N–C) groups is 1. The third-order valence-corrected chi connectivity index (χ3v) is 4.99. The molecular weight excluding hydrogens is 419 g/mol. The van der Waals surface area contributed by atoms with Crippen molar-refractivity contribution in [3.8, 4) is 0 Å². The van der Waals surface area contributed by atoms with Crippen molar-refractivity contribution in [1.82, 2.24) is 4.98 Å². The van der Waals surface area contributed by atoms with E-state index in [4.69, 9.17) is 5.73 Å². The van der Waals surface area contributed by atoms with Crippen LogP contribution >= 0.6 is 35.3 Å². The first-order valence-electron chi connectivity index (χ1n) is 7.74. The van der Waals surface area contributed by atoms with E-state index in [2.05, 4.69) is 40.4 Å². The molecule has 0 unspecified atom stereocenters. The predicted octanol–water partition coefficient (Wildman–Crippen LogP) is 4.18. The van der Waals surface area contributed by atoms with E-state index in [-0.39, 0.29) is 24.0 Å². The molecule has 0 bridgehead atoms. The monoisotopic (exact) mass is 442 g/mol. The lowest BCUT2D eigenvalue weighted by Gasteiger charge is -2.19. The first-order valence-corrected chi connectivity index (χ1v) is 8.56. The van der Waals surface area contributed by atoms with Crippen molar-refractivity contribution >= 4 is 47.0 Å². The summed E-state index contributed by atoms with van der Waals surface area (Å²) in [6.07, 6.45) is 4.82. The number of benzene rings is 1. The number of fused-ring (bicyclic) bond motifs is 1.